The first-order chi connectivity index (χ1) is 8.73. The Morgan fingerprint density at radius 3 is 2.00 bits per heavy atom. The smallest absolute Gasteiger partial charge is 0.245 e. The normalized spacial score (nSPS) is 18.3. The first-order valence-corrected chi connectivity index (χ1v) is 7.33. The van der Waals surface area contributed by atoms with Crippen LogP contribution < -0.4 is 5.32 Å². The number of carbonyl (C=O) groups is 2. The monoisotopic (exact) mass is 268 g/mol. The van der Waals surface area contributed by atoms with Gasteiger partial charge in [0.2, 0.25) is 11.8 Å². The Hall–Kier alpha value is -1.06. The SMILES string of the molecule is CC(C)[C@H](NC(=O)C(C)(C)C)C(=O)N1CCCCC1. The van der Waals surface area contributed by atoms with E-state index in [9.17, 15) is 9.59 Å². The molecule has 0 aromatic carbocycles. The van der Waals surface area contributed by atoms with Crippen LogP contribution in [-0.4, -0.2) is 35.8 Å². The zero-order chi connectivity index (χ0) is 14.6. The number of hydrogen-bond donors (Lipinski definition) is 1. The molecule has 110 valence electrons. The summed E-state index contributed by atoms with van der Waals surface area (Å²) < 4.78 is 0. The topological polar surface area (TPSA) is 49.4 Å². The van der Waals surface area contributed by atoms with E-state index in [1.54, 1.807) is 0 Å². The van der Waals surface area contributed by atoms with E-state index in [2.05, 4.69) is 5.32 Å². The Morgan fingerprint density at radius 1 is 1.05 bits per heavy atom. The molecule has 2 amide bonds. The summed E-state index contributed by atoms with van der Waals surface area (Å²) in [5.41, 5.74) is -0.463. The second-order valence-corrected chi connectivity index (χ2v) is 6.83. The molecule has 1 aliphatic rings. The lowest BCUT2D eigenvalue weighted by Crippen LogP contribution is -2.54. The lowest BCUT2D eigenvalue weighted by atomic mass is 9.93. The molecular formula is C15H28N2O2. The lowest BCUT2D eigenvalue weighted by Gasteiger charge is -2.33. The van der Waals surface area contributed by atoms with Crippen molar-refractivity contribution in [3.63, 3.8) is 0 Å². The highest BCUT2D eigenvalue weighted by Gasteiger charge is 2.32. The fourth-order valence-electron chi connectivity index (χ4n) is 2.18. The van der Waals surface area contributed by atoms with E-state index in [4.69, 9.17) is 0 Å². The van der Waals surface area contributed by atoms with Gasteiger partial charge < -0.3 is 10.2 Å². The zero-order valence-electron chi connectivity index (χ0n) is 13.0. The summed E-state index contributed by atoms with van der Waals surface area (Å²) in [4.78, 5) is 26.5. The molecule has 0 aromatic rings. The molecule has 0 saturated carbocycles. The van der Waals surface area contributed by atoms with Crippen molar-refractivity contribution < 1.29 is 9.59 Å². The second kappa shape index (κ2) is 6.40. The van der Waals surface area contributed by atoms with Crippen molar-refractivity contribution in [1.29, 1.82) is 0 Å². The second-order valence-electron chi connectivity index (χ2n) is 6.83. The van der Waals surface area contributed by atoms with Crippen LogP contribution in [-0.2, 0) is 9.59 Å². The van der Waals surface area contributed by atoms with Crippen LogP contribution in [0.4, 0.5) is 0 Å². The van der Waals surface area contributed by atoms with Gasteiger partial charge in [0.1, 0.15) is 6.04 Å². The summed E-state index contributed by atoms with van der Waals surface area (Å²) in [5, 5.41) is 2.92. The number of carbonyl (C=O) groups excluding carboxylic acids is 2. The molecule has 0 aromatic heterocycles. The average Bonchev–Trinajstić information content (AvgIpc) is 2.34. The highest BCUT2D eigenvalue weighted by atomic mass is 16.2. The van der Waals surface area contributed by atoms with Crippen LogP contribution in [0.25, 0.3) is 0 Å². The molecule has 1 N–H and O–H groups in total. The van der Waals surface area contributed by atoms with Crippen molar-refractivity contribution in [1.82, 2.24) is 10.2 Å². The largest absolute Gasteiger partial charge is 0.344 e. The van der Waals surface area contributed by atoms with Crippen LogP contribution in [0, 0.1) is 11.3 Å². The minimum atomic E-state index is -0.463. The van der Waals surface area contributed by atoms with E-state index in [-0.39, 0.29) is 17.7 Å². The Balaban J connectivity index is 2.71. The van der Waals surface area contributed by atoms with Gasteiger partial charge in [0.15, 0.2) is 0 Å². The summed E-state index contributed by atoms with van der Waals surface area (Å²) in [6, 6.07) is -0.398. The van der Waals surface area contributed by atoms with E-state index < -0.39 is 11.5 Å². The maximum atomic E-state index is 12.5. The van der Waals surface area contributed by atoms with Gasteiger partial charge in [-0.25, -0.2) is 0 Å². The van der Waals surface area contributed by atoms with Crippen LogP contribution in [0.15, 0.2) is 0 Å². The van der Waals surface area contributed by atoms with Gasteiger partial charge in [0, 0.05) is 18.5 Å². The lowest BCUT2D eigenvalue weighted by molar-refractivity contribution is -0.140. The molecule has 1 aliphatic heterocycles. The third kappa shape index (κ3) is 4.51. The molecule has 0 bridgehead atoms. The van der Waals surface area contributed by atoms with E-state index in [0.717, 1.165) is 25.9 Å². The molecule has 4 heteroatoms. The summed E-state index contributed by atoms with van der Waals surface area (Å²) in [7, 11) is 0. The highest BCUT2D eigenvalue weighted by Crippen LogP contribution is 2.17. The molecule has 0 spiro atoms. The summed E-state index contributed by atoms with van der Waals surface area (Å²) in [6.45, 7) is 11.2. The predicted octanol–water partition coefficient (Wildman–Crippen LogP) is 2.19. The van der Waals surface area contributed by atoms with Gasteiger partial charge in [0.25, 0.3) is 0 Å². The first-order valence-electron chi connectivity index (χ1n) is 7.33. The molecule has 1 rings (SSSR count). The Kier molecular flexibility index (Phi) is 5.39. The van der Waals surface area contributed by atoms with E-state index in [1.165, 1.54) is 6.42 Å². The van der Waals surface area contributed by atoms with Gasteiger partial charge in [-0.3, -0.25) is 9.59 Å². The van der Waals surface area contributed by atoms with Crippen LogP contribution in [0.3, 0.4) is 0 Å². The molecule has 0 unspecified atom stereocenters. The van der Waals surface area contributed by atoms with Crippen molar-refractivity contribution in [3.8, 4) is 0 Å². The molecule has 19 heavy (non-hydrogen) atoms. The van der Waals surface area contributed by atoms with Crippen molar-refractivity contribution >= 4 is 11.8 Å². The average molecular weight is 268 g/mol. The van der Waals surface area contributed by atoms with Gasteiger partial charge in [-0.1, -0.05) is 34.6 Å². The molecule has 1 fully saturated rings. The van der Waals surface area contributed by atoms with Gasteiger partial charge >= 0.3 is 0 Å². The maximum absolute atomic E-state index is 12.5. The Bertz CT molecular complexity index is 326. The fourth-order valence-corrected chi connectivity index (χ4v) is 2.18. The van der Waals surface area contributed by atoms with Crippen LogP contribution >= 0.6 is 0 Å². The molecule has 1 atom stereocenters. The van der Waals surface area contributed by atoms with Crippen molar-refractivity contribution in [2.45, 2.75) is 59.9 Å². The Labute approximate surface area is 116 Å². The van der Waals surface area contributed by atoms with Gasteiger partial charge in [-0.05, 0) is 25.2 Å². The molecule has 1 saturated heterocycles. The molecule has 4 nitrogen and oxygen atoms in total. The summed E-state index contributed by atoms with van der Waals surface area (Å²) >= 11 is 0. The van der Waals surface area contributed by atoms with E-state index in [1.807, 2.05) is 39.5 Å². The van der Waals surface area contributed by atoms with Crippen LogP contribution in [0.2, 0.25) is 0 Å². The number of amides is 2. The first kappa shape index (κ1) is 16.0. The number of likely N-dealkylation sites (tertiary alicyclic amines) is 1. The predicted molar refractivity (Wildman–Crippen MR) is 76.7 cm³/mol. The van der Waals surface area contributed by atoms with Gasteiger partial charge in [0.05, 0.1) is 0 Å². The Morgan fingerprint density at radius 2 is 1.58 bits per heavy atom. The molecule has 1 heterocycles. The minimum Gasteiger partial charge on any atom is -0.344 e. The van der Waals surface area contributed by atoms with E-state index in [0.29, 0.717) is 0 Å². The third-order valence-electron chi connectivity index (χ3n) is 3.57. The molecular weight excluding hydrogens is 240 g/mol. The van der Waals surface area contributed by atoms with E-state index >= 15 is 0 Å². The minimum absolute atomic E-state index is 0.0587. The number of hydrogen-bond acceptors (Lipinski definition) is 2. The van der Waals surface area contributed by atoms with Crippen molar-refractivity contribution in [2.24, 2.45) is 11.3 Å². The van der Waals surface area contributed by atoms with Crippen LogP contribution in [0.1, 0.15) is 53.9 Å². The zero-order valence-corrected chi connectivity index (χ0v) is 13.0. The summed E-state index contributed by atoms with van der Waals surface area (Å²) in [5.74, 6) is 0.129. The quantitative estimate of drug-likeness (QED) is 0.853. The third-order valence-corrected chi connectivity index (χ3v) is 3.57. The number of piperidine rings is 1. The van der Waals surface area contributed by atoms with Crippen molar-refractivity contribution in [2.75, 3.05) is 13.1 Å². The maximum Gasteiger partial charge on any atom is 0.245 e. The van der Waals surface area contributed by atoms with Gasteiger partial charge in [-0.15, -0.1) is 0 Å². The fraction of sp³-hybridized carbons (Fsp3) is 0.867. The molecule has 0 radical (unpaired) electrons. The number of nitrogens with zero attached hydrogens (tertiary/aromatic N) is 1. The number of nitrogens with one attached hydrogen (secondary N) is 1. The van der Waals surface area contributed by atoms with Crippen LogP contribution in [0.5, 0.6) is 0 Å². The highest BCUT2D eigenvalue weighted by molar-refractivity contribution is 5.89. The standard InChI is InChI=1S/C15H28N2O2/c1-11(2)12(16-14(19)15(3,4)5)13(18)17-9-7-6-8-10-17/h11-12H,6-10H2,1-5H3,(H,16,19)/t12-/m0/s1. The molecule has 0 aliphatic carbocycles. The van der Waals surface area contributed by atoms with Crippen molar-refractivity contribution in [3.05, 3.63) is 0 Å². The van der Waals surface area contributed by atoms with Gasteiger partial charge in [-0.2, -0.15) is 0 Å². The summed E-state index contributed by atoms with van der Waals surface area (Å²) in [6.07, 6.45) is 3.35. The number of rotatable bonds is 3.